The fourth-order valence-corrected chi connectivity index (χ4v) is 4.06. The van der Waals surface area contributed by atoms with E-state index in [2.05, 4.69) is 39.3 Å². The summed E-state index contributed by atoms with van der Waals surface area (Å²) in [6.07, 6.45) is 0.0542. The molecule has 0 saturated heterocycles. The first kappa shape index (κ1) is 28.2. The van der Waals surface area contributed by atoms with Gasteiger partial charge >= 0.3 is 5.97 Å². The number of benzene rings is 1. The largest absolute Gasteiger partial charge is 0.480 e. The summed E-state index contributed by atoms with van der Waals surface area (Å²) in [5.74, 6) is -0.229. The molecule has 0 aliphatic rings. The molecule has 0 saturated carbocycles. The third-order valence-electron chi connectivity index (χ3n) is 4.87. The number of rotatable bonds is 15. The molecule has 0 aromatic heterocycles. The first-order valence-corrected chi connectivity index (χ1v) is 18.4. The smallest absolute Gasteiger partial charge is 0.324 e. The van der Waals surface area contributed by atoms with Crippen LogP contribution in [0.25, 0.3) is 0 Å². The third-order valence-corrected chi connectivity index (χ3v) is 8.28. The predicted octanol–water partition coefficient (Wildman–Crippen LogP) is 5.23. The minimum atomic E-state index is -1.52. The molecule has 32 heavy (non-hydrogen) atoms. The van der Waals surface area contributed by atoms with Crippen LogP contribution in [0.4, 0.5) is 0 Å². The van der Waals surface area contributed by atoms with E-state index in [1.165, 1.54) is 6.92 Å². The number of hydrogen-bond donors (Lipinski definition) is 1. The number of carboxylic acids is 1. The van der Waals surface area contributed by atoms with Crippen LogP contribution in [0.1, 0.15) is 12.5 Å². The molecule has 0 heterocycles. The van der Waals surface area contributed by atoms with Gasteiger partial charge in [-0.3, -0.25) is 4.79 Å². The van der Waals surface area contributed by atoms with Gasteiger partial charge in [-0.25, -0.2) is 0 Å². The first-order chi connectivity index (χ1) is 14.8. The number of carbonyl (C=O) groups is 1. The van der Waals surface area contributed by atoms with Crippen LogP contribution < -0.4 is 9.47 Å². The van der Waals surface area contributed by atoms with Gasteiger partial charge in [0.1, 0.15) is 0 Å². The van der Waals surface area contributed by atoms with Gasteiger partial charge in [0.15, 0.2) is 30.5 Å². The van der Waals surface area contributed by atoms with Crippen molar-refractivity contribution in [1.29, 1.82) is 5.26 Å². The molecule has 0 spiro atoms. The number of nitrogens with zero attached hydrogens (tertiary/aromatic N) is 1. The van der Waals surface area contributed by atoms with E-state index in [1.807, 2.05) is 6.07 Å². The highest BCUT2D eigenvalue weighted by atomic mass is 28.3. The maximum Gasteiger partial charge on any atom is 0.324 e. The van der Waals surface area contributed by atoms with E-state index in [4.69, 9.17) is 18.9 Å². The molecule has 1 N–H and O–H groups in total. The van der Waals surface area contributed by atoms with Gasteiger partial charge in [-0.15, -0.1) is 0 Å². The Hall–Kier alpha value is -1.87. The molecule has 7 nitrogen and oxygen atoms in total. The maximum atomic E-state index is 11.5. The summed E-state index contributed by atoms with van der Waals surface area (Å²) in [6, 6.07) is 9.13. The van der Waals surface area contributed by atoms with Crippen LogP contribution in [0.5, 0.6) is 11.5 Å². The molecule has 1 aromatic carbocycles. The summed E-state index contributed by atoms with van der Waals surface area (Å²) in [6.45, 7) is 16.5. The maximum absolute atomic E-state index is 11.5. The number of nitriles is 1. The van der Waals surface area contributed by atoms with Crippen molar-refractivity contribution in [2.45, 2.75) is 64.7 Å². The zero-order valence-corrected chi connectivity index (χ0v) is 22.6. The summed E-state index contributed by atoms with van der Waals surface area (Å²) in [4.78, 5) is 11.5. The number of hydrogen-bond acceptors (Lipinski definition) is 6. The van der Waals surface area contributed by atoms with Crippen molar-refractivity contribution in [2.75, 3.05) is 26.8 Å². The van der Waals surface area contributed by atoms with Crippen LogP contribution >= 0.6 is 0 Å². The lowest BCUT2D eigenvalue weighted by Crippen LogP contribution is -2.28. The van der Waals surface area contributed by atoms with Gasteiger partial charge in [0.2, 0.25) is 0 Å². The van der Waals surface area contributed by atoms with Crippen molar-refractivity contribution in [3.8, 4) is 17.6 Å². The molecule has 180 valence electrons. The third kappa shape index (κ3) is 11.1. The summed E-state index contributed by atoms with van der Waals surface area (Å²) in [5.41, 5.74) is -0.853. The Morgan fingerprint density at radius 2 is 1.47 bits per heavy atom. The van der Waals surface area contributed by atoms with Gasteiger partial charge in [0, 0.05) is 35.8 Å². The van der Waals surface area contributed by atoms with Crippen LogP contribution in [-0.2, 0) is 20.7 Å². The minimum absolute atomic E-state index is 0.0542. The molecule has 9 heteroatoms. The second kappa shape index (κ2) is 12.4. The molecule has 0 bridgehead atoms. The van der Waals surface area contributed by atoms with Crippen molar-refractivity contribution in [2.24, 2.45) is 5.41 Å². The van der Waals surface area contributed by atoms with E-state index in [0.717, 1.165) is 12.1 Å². The number of aliphatic carboxylic acids is 1. The number of ether oxygens (including phenoxy) is 4. The Balaban J connectivity index is 2.82. The lowest BCUT2D eigenvalue weighted by atomic mass is 9.85. The Morgan fingerprint density at radius 1 is 0.969 bits per heavy atom. The van der Waals surface area contributed by atoms with Crippen LogP contribution in [-0.4, -0.2) is 54.0 Å². The van der Waals surface area contributed by atoms with E-state index in [0.29, 0.717) is 30.3 Å². The summed E-state index contributed by atoms with van der Waals surface area (Å²) in [7, 11) is -2.37. The molecule has 0 radical (unpaired) electrons. The number of carboxylic acid groups (broad SMARTS) is 1. The van der Waals surface area contributed by atoms with Crippen molar-refractivity contribution in [3.05, 3.63) is 23.8 Å². The Labute approximate surface area is 194 Å². The lowest BCUT2D eigenvalue weighted by molar-refractivity contribution is -0.144. The second-order valence-corrected chi connectivity index (χ2v) is 21.9. The highest BCUT2D eigenvalue weighted by Crippen LogP contribution is 2.32. The van der Waals surface area contributed by atoms with E-state index < -0.39 is 27.5 Å². The zero-order valence-electron chi connectivity index (χ0n) is 20.6. The van der Waals surface area contributed by atoms with Crippen molar-refractivity contribution < 1.29 is 28.8 Å². The van der Waals surface area contributed by atoms with Crippen LogP contribution in [0, 0.1) is 16.7 Å². The Kier molecular flexibility index (Phi) is 10.9. The fourth-order valence-electron chi connectivity index (χ4n) is 2.55. The topological polar surface area (TPSA) is 98.0 Å². The average Bonchev–Trinajstić information content (AvgIpc) is 2.66. The first-order valence-electron chi connectivity index (χ1n) is 10.9. The van der Waals surface area contributed by atoms with Gasteiger partial charge in [-0.1, -0.05) is 45.3 Å². The summed E-state index contributed by atoms with van der Waals surface area (Å²) < 4.78 is 22.8. The standard InChI is InChI=1S/C23H39NO6Si2/c1-23(16-24,22(25)26)15-19-8-9-20(29-17-27-10-12-31(2,3)4)21(14-19)30-18-28-11-13-32(5,6)7/h8-9,14H,10-13,15,17-18H2,1-7H3,(H,25,26). The van der Waals surface area contributed by atoms with Crippen molar-refractivity contribution in [1.82, 2.24) is 0 Å². The van der Waals surface area contributed by atoms with Crippen LogP contribution in [0.15, 0.2) is 18.2 Å². The minimum Gasteiger partial charge on any atom is -0.480 e. The molecule has 1 rings (SSSR count). The summed E-state index contributed by atoms with van der Waals surface area (Å²) in [5, 5.41) is 18.7. The molecule has 1 aromatic rings. The van der Waals surface area contributed by atoms with Gasteiger partial charge in [-0.2, -0.15) is 5.26 Å². The molecule has 1 unspecified atom stereocenters. The van der Waals surface area contributed by atoms with Crippen molar-refractivity contribution >= 4 is 22.1 Å². The van der Waals surface area contributed by atoms with Gasteiger partial charge in [-0.05, 0) is 36.7 Å². The quantitative estimate of drug-likeness (QED) is 0.208. The predicted molar refractivity (Wildman–Crippen MR) is 131 cm³/mol. The van der Waals surface area contributed by atoms with Gasteiger partial charge < -0.3 is 24.1 Å². The highest BCUT2D eigenvalue weighted by Gasteiger charge is 2.33. The molecule has 0 amide bonds. The fraction of sp³-hybridized carbons (Fsp3) is 0.652. The highest BCUT2D eigenvalue weighted by molar-refractivity contribution is 6.76. The van der Waals surface area contributed by atoms with E-state index in [1.54, 1.807) is 18.2 Å². The Morgan fingerprint density at radius 3 is 1.91 bits per heavy atom. The van der Waals surface area contributed by atoms with E-state index in [9.17, 15) is 15.2 Å². The molecular formula is C23H39NO6Si2. The SMILES string of the molecule is CC(C#N)(Cc1ccc(OCOCC[Si](C)(C)C)c(OCOCC[Si](C)(C)C)c1)C(=O)O. The normalized spacial score (nSPS) is 13.8. The van der Waals surface area contributed by atoms with E-state index >= 15 is 0 Å². The molecule has 0 aliphatic heterocycles. The zero-order chi connectivity index (χ0) is 24.4. The van der Waals surface area contributed by atoms with Crippen molar-refractivity contribution in [3.63, 3.8) is 0 Å². The van der Waals surface area contributed by atoms with Gasteiger partial charge in [0.05, 0.1) is 6.07 Å². The van der Waals surface area contributed by atoms with Crippen LogP contribution in [0.3, 0.4) is 0 Å². The summed E-state index contributed by atoms with van der Waals surface area (Å²) >= 11 is 0. The molecule has 0 aliphatic carbocycles. The molecule has 0 fully saturated rings. The van der Waals surface area contributed by atoms with E-state index in [-0.39, 0.29) is 20.0 Å². The molecular weight excluding hydrogens is 442 g/mol. The van der Waals surface area contributed by atoms with Gasteiger partial charge in [0.25, 0.3) is 0 Å². The monoisotopic (exact) mass is 481 g/mol. The molecule has 1 atom stereocenters. The van der Waals surface area contributed by atoms with Crippen LogP contribution in [0.2, 0.25) is 51.4 Å². The second-order valence-electron chi connectivity index (χ2n) is 10.7. The Bertz CT molecular complexity index is 782. The lowest BCUT2D eigenvalue weighted by Gasteiger charge is -2.19. The average molecular weight is 482 g/mol.